The standard InChI is InChI=1S/C12H8Cl2N4O2/c13-9-8(10(14)17-5-16-9)18-12(20)7-3-1-2-6(4-7)11(15)19/h1-5H,(H2,15,19)(H,18,20). The van der Waals surface area contributed by atoms with E-state index in [1.54, 1.807) is 6.07 Å². The van der Waals surface area contributed by atoms with E-state index in [-0.39, 0.29) is 27.1 Å². The van der Waals surface area contributed by atoms with E-state index in [4.69, 9.17) is 28.9 Å². The highest BCUT2D eigenvalue weighted by molar-refractivity contribution is 6.38. The molecule has 0 saturated carbocycles. The lowest BCUT2D eigenvalue weighted by Crippen LogP contribution is -2.16. The Morgan fingerprint density at radius 3 is 2.30 bits per heavy atom. The van der Waals surface area contributed by atoms with Crippen molar-refractivity contribution >= 4 is 40.7 Å². The molecule has 2 amide bonds. The van der Waals surface area contributed by atoms with Crippen LogP contribution in [0.1, 0.15) is 20.7 Å². The van der Waals surface area contributed by atoms with Crippen LogP contribution in [0.25, 0.3) is 0 Å². The topological polar surface area (TPSA) is 98.0 Å². The van der Waals surface area contributed by atoms with Crippen LogP contribution in [0.3, 0.4) is 0 Å². The predicted octanol–water partition coefficient (Wildman–Crippen LogP) is 2.13. The van der Waals surface area contributed by atoms with Gasteiger partial charge in [-0.2, -0.15) is 0 Å². The number of hydrogen-bond donors (Lipinski definition) is 2. The lowest BCUT2D eigenvalue weighted by Gasteiger charge is -2.08. The lowest BCUT2D eigenvalue weighted by atomic mass is 10.1. The molecule has 1 aromatic carbocycles. The molecule has 0 unspecified atom stereocenters. The van der Waals surface area contributed by atoms with Crippen molar-refractivity contribution in [3.63, 3.8) is 0 Å². The second kappa shape index (κ2) is 5.85. The van der Waals surface area contributed by atoms with E-state index in [1.807, 2.05) is 0 Å². The number of hydrogen-bond acceptors (Lipinski definition) is 4. The molecule has 2 rings (SSSR count). The van der Waals surface area contributed by atoms with Crippen molar-refractivity contribution in [2.75, 3.05) is 5.32 Å². The lowest BCUT2D eigenvalue weighted by molar-refractivity contribution is 0.1000. The first-order valence-corrected chi connectivity index (χ1v) is 6.12. The largest absolute Gasteiger partial charge is 0.366 e. The second-order valence-corrected chi connectivity index (χ2v) is 4.45. The first kappa shape index (κ1) is 14.2. The summed E-state index contributed by atoms with van der Waals surface area (Å²) in [6.07, 6.45) is 1.17. The molecule has 1 heterocycles. The Morgan fingerprint density at radius 2 is 1.70 bits per heavy atom. The number of amides is 2. The molecule has 0 radical (unpaired) electrons. The minimum absolute atomic E-state index is 0.0180. The van der Waals surface area contributed by atoms with Crippen molar-refractivity contribution in [2.45, 2.75) is 0 Å². The van der Waals surface area contributed by atoms with Gasteiger partial charge in [-0.05, 0) is 18.2 Å². The molecular formula is C12H8Cl2N4O2. The number of primary amides is 1. The van der Waals surface area contributed by atoms with Gasteiger partial charge in [0.25, 0.3) is 5.91 Å². The molecule has 0 bridgehead atoms. The third-order valence-electron chi connectivity index (χ3n) is 2.40. The molecule has 0 spiro atoms. The molecule has 0 saturated heterocycles. The molecule has 0 atom stereocenters. The van der Waals surface area contributed by atoms with Crippen LogP contribution >= 0.6 is 23.2 Å². The summed E-state index contributed by atoms with van der Waals surface area (Å²) in [5.41, 5.74) is 5.71. The average Bonchev–Trinajstić information content (AvgIpc) is 2.43. The van der Waals surface area contributed by atoms with Crippen LogP contribution in [0, 0.1) is 0 Å². The van der Waals surface area contributed by atoms with Crippen LogP contribution < -0.4 is 11.1 Å². The first-order valence-electron chi connectivity index (χ1n) is 5.36. The van der Waals surface area contributed by atoms with E-state index >= 15 is 0 Å². The van der Waals surface area contributed by atoms with E-state index in [0.717, 1.165) is 0 Å². The number of carbonyl (C=O) groups excluding carboxylic acids is 2. The van der Waals surface area contributed by atoms with Crippen LogP contribution in [0.15, 0.2) is 30.6 Å². The van der Waals surface area contributed by atoms with Crippen molar-refractivity contribution in [2.24, 2.45) is 5.73 Å². The highest BCUT2D eigenvalue weighted by Gasteiger charge is 2.14. The molecule has 8 heteroatoms. The minimum atomic E-state index is -0.626. The van der Waals surface area contributed by atoms with Gasteiger partial charge < -0.3 is 11.1 Å². The minimum Gasteiger partial charge on any atom is -0.366 e. The van der Waals surface area contributed by atoms with E-state index in [2.05, 4.69) is 15.3 Å². The monoisotopic (exact) mass is 310 g/mol. The number of aromatic nitrogens is 2. The fourth-order valence-corrected chi connectivity index (χ4v) is 1.86. The third-order valence-corrected chi connectivity index (χ3v) is 2.98. The van der Waals surface area contributed by atoms with Gasteiger partial charge in [-0.25, -0.2) is 9.97 Å². The summed E-state index contributed by atoms with van der Waals surface area (Å²) in [5, 5.41) is 2.52. The number of nitrogens with two attached hydrogens (primary N) is 1. The number of benzene rings is 1. The summed E-state index contributed by atoms with van der Waals surface area (Å²) >= 11 is 11.6. The zero-order valence-corrected chi connectivity index (χ0v) is 11.4. The molecule has 0 aliphatic carbocycles. The fourth-order valence-electron chi connectivity index (χ4n) is 1.45. The summed E-state index contributed by atoms with van der Waals surface area (Å²) in [6, 6.07) is 5.93. The highest BCUT2D eigenvalue weighted by atomic mass is 35.5. The third kappa shape index (κ3) is 3.04. The van der Waals surface area contributed by atoms with Crippen LogP contribution in [-0.4, -0.2) is 21.8 Å². The maximum Gasteiger partial charge on any atom is 0.255 e. The molecule has 2 aromatic rings. The Balaban J connectivity index is 2.29. The zero-order valence-electron chi connectivity index (χ0n) is 9.93. The van der Waals surface area contributed by atoms with Crippen molar-refractivity contribution in [3.8, 4) is 0 Å². The number of rotatable bonds is 3. The van der Waals surface area contributed by atoms with Crippen LogP contribution in [-0.2, 0) is 0 Å². The Morgan fingerprint density at radius 1 is 1.10 bits per heavy atom. The number of carbonyl (C=O) groups is 2. The molecule has 0 fully saturated rings. The van der Waals surface area contributed by atoms with Gasteiger partial charge in [-0.1, -0.05) is 29.3 Å². The maximum atomic E-state index is 12.1. The number of halogens is 2. The van der Waals surface area contributed by atoms with Gasteiger partial charge in [0.2, 0.25) is 5.91 Å². The number of anilines is 1. The zero-order chi connectivity index (χ0) is 14.7. The van der Waals surface area contributed by atoms with Gasteiger partial charge in [-0.15, -0.1) is 0 Å². The van der Waals surface area contributed by atoms with Gasteiger partial charge >= 0.3 is 0 Å². The molecule has 20 heavy (non-hydrogen) atoms. The van der Waals surface area contributed by atoms with E-state index in [0.29, 0.717) is 0 Å². The number of nitrogens with one attached hydrogen (secondary N) is 1. The molecule has 6 nitrogen and oxygen atoms in total. The smallest absolute Gasteiger partial charge is 0.255 e. The Bertz CT molecular complexity index is 671. The number of nitrogens with zero attached hydrogens (tertiary/aromatic N) is 2. The summed E-state index contributed by atoms with van der Waals surface area (Å²) in [7, 11) is 0. The highest BCUT2D eigenvalue weighted by Crippen LogP contribution is 2.26. The van der Waals surface area contributed by atoms with Gasteiger partial charge in [-0.3, -0.25) is 9.59 Å². The van der Waals surface area contributed by atoms with Gasteiger partial charge in [0.05, 0.1) is 0 Å². The summed E-state index contributed by atoms with van der Waals surface area (Å²) in [6.45, 7) is 0. The molecule has 0 aliphatic rings. The van der Waals surface area contributed by atoms with Gasteiger partial charge in [0.1, 0.15) is 12.0 Å². The summed E-state index contributed by atoms with van der Waals surface area (Å²) in [5.74, 6) is -1.13. The summed E-state index contributed by atoms with van der Waals surface area (Å²) < 4.78 is 0. The van der Waals surface area contributed by atoms with Crippen LogP contribution in [0.4, 0.5) is 5.69 Å². The molecule has 102 valence electrons. The molecular weight excluding hydrogens is 303 g/mol. The van der Waals surface area contributed by atoms with Gasteiger partial charge in [0.15, 0.2) is 10.3 Å². The second-order valence-electron chi connectivity index (χ2n) is 3.73. The average molecular weight is 311 g/mol. The maximum absolute atomic E-state index is 12.1. The molecule has 0 aliphatic heterocycles. The van der Waals surface area contributed by atoms with Crippen molar-refractivity contribution in [3.05, 3.63) is 52.0 Å². The summed E-state index contributed by atoms with van der Waals surface area (Å²) in [4.78, 5) is 30.6. The predicted molar refractivity (Wildman–Crippen MR) is 75.0 cm³/mol. The van der Waals surface area contributed by atoms with Crippen molar-refractivity contribution < 1.29 is 9.59 Å². The van der Waals surface area contributed by atoms with Crippen molar-refractivity contribution in [1.29, 1.82) is 0 Å². The molecule has 3 N–H and O–H groups in total. The fraction of sp³-hybridized carbons (Fsp3) is 0. The van der Waals surface area contributed by atoms with Crippen molar-refractivity contribution in [1.82, 2.24) is 9.97 Å². The van der Waals surface area contributed by atoms with E-state index < -0.39 is 11.8 Å². The van der Waals surface area contributed by atoms with Crippen LogP contribution in [0.5, 0.6) is 0 Å². The Hall–Kier alpha value is -2.18. The first-order chi connectivity index (χ1) is 9.49. The van der Waals surface area contributed by atoms with Gasteiger partial charge in [0, 0.05) is 11.1 Å². The molecule has 1 aromatic heterocycles. The quantitative estimate of drug-likeness (QED) is 0.848. The Kier molecular flexibility index (Phi) is 4.16. The Labute approximate surface area is 123 Å². The SMILES string of the molecule is NC(=O)c1cccc(C(=O)Nc2c(Cl)ncnc2Cl)c1. The normalized spacial score (nSPS) is 10.1. The van der Waals surface area contributed by atoms with Crippen LogP contribution in [0.2, 0.25) is 10.3 Å². The van der Waals surface area contributed by atoms with E-state index in [9.17, 15) is 9.59 Å². The van der Waals surface area contributed by atoms with E-state index in [1.165, 1.54) is 24.5 Å².